The third-order valence-corrected chi connectivity index (χ3v) is 3.41. The van der Waals surface area contributed by atoms with E-state index in [1.807, 2.05) is 12.1 Å². The molecule has 0 N–H and O–H groups in total. The molecule has 108 valence electrons. The van der Waals surface area contributed by atoms with E-state index in [9.17, 15) is 0 Å². The van der Waals surface area contributed by atoms with Crippen LogP contribution in [-0.2, 0) is 17.1 Å². The van der Waals surface area contributed by atoms with Crippen LogP contribution in [0.1, 0.15) is 25.0 Å². The van der Waals surface area contributed by atoms with Crippen molar-refractivity contribution >= 4 is 11.3 Å². The summed E-state index contributed by atoms with van der Waals surface area (Å²) in [6.45, 7) is 10.6. The Morgan fingerprint density at radius 1 is 0.950 bits per heavy atom. The van der Waals surface area contributed by atoms with Crippen molar-refractivity contribution in [3.8, 4) is 0 Å². The van der Waals surface area contributed by atoms with Gasteiger partial charge in [0.15, 0.2) is 0 Å². The summed E-state index contributed by atoms with van der Waals surface area (Å²) >= 11 is 0. The van der Waals surface area contributed by atoms with Crippen molar-refractivity contribution in [3.63, 3.8) is 0 Å². The minimum Gasteiger partial charge on any atom is -0.386 e. The molecular formula is C18H21FeN-2. The second kappa shape index (κ2) is 7.94. The molecule has 0 saturated heterocycles. The summed E-state index contributed by atoms with van der Waals surface area (Å²) in [5.74, 6) is 0. The summed E-state index contributed by atoms with van der Waals surface area (Å²) in [4.78, 5) is 2.36. The van der Waals surface area contributed by atoms with Gasteiger partial charge in [-0.1, -0.05) is 11.1 Å². The van der Waals surface area contributed by atoms with Crippen LogP contribution in [0.15, 0.2) is 61.2 Å². The van der Waals surface area contributed by atoms with Crippen molar-refractivity contribution in [1.82, 2.24) is 4.90 Å². The van der Waals surface area contributed by atoms with Gasteiger partial charge in [0.05, 0.1) is 0 Å². The summed E-state index contributed by atoms with van der Waals surface area (Å²) in [7, 11) is 0. The Labute approximate surface area is 132 Å². The van der Waals surface area contributed by atoms with Crippen molar-refractivity contribution in [1.29, 1.82) is 0 Å². The van der Waals surface area contributed by atoms with Gasteiger partial charge in [-0.15, -0.1) is 35.9 Å². The van der Waals surface area contributed by atoms with E-state index in [1.54, 1.807) is 0 Å². The predicted octanol–water partition coefficient (Wildman–Crippen LogP) is 4.52. The molecule has 1 nitrogen and oxygen atoms in total. The molecule has 0 atom stereocenters. The maximum atomic E-state index is 4.19. The van der Waals surface area contributed by atoms with Crippen LogP contribution in [0.2, 0.25) is 0 Å². The first-order chi connectivity index (χ1) is 9.26. The molecule has 0 amide bonds. The first kappa shape index (κ1) is 16.6. The Balaban J connectivity index is 0.00000200. The van der Waals surface area contributed by atoms with Gasteiger partial charge in [0.25, 0.3) is 0 Å². The molecule has 0 saturated carbocycles. The zero-order valence-corrected chi connectivity index (χ0v) is 13.2. The molecule has 20 heavy (non-hydrogen) atoms. The van der Waals surface area contributed by atoms with Crippen LogP contribution in [0, 0.1) is 0 Å². The third kappa shape index (κ3) is 3.75. The van der Waals surface area contributed by atoms with Gasteiger partial charge >= 0.3 is 0 Å². The maximum Gasteiger partial charge on any atom is 0.0135 e. The molecule has 0 spiro atoms. The van der Waals surface area contributed by atoms with Crippen LogP contribution < -0.4 is 0 Å². The Kier molecular flexibility index (Phi) is 6.57. The van der Waals surface area contributed by atoms with Crippen molar-refractivity contribution < 1.29 is 17.1 Å². The van der Waals surface area contributed by atoms with Crippen molar-refractivity contribution in [3.05, 3.63) is 72.3 Å². The summed E-state index contributed by atoms with van der Waals surface area (Å²) in [5, 5.41) is 0. The molecule has 0 bridgehead atoms. The molecule has 2 rings (SSSR count). The van der Waals surface area contributed by atoms with Gasteiger partial charge in [0.2, 0.25) is 0 Å². The quantitative estimate of drug-likeness (QED) is 0.431. The molecule has 0 aliphatic rings. The summed E-state index contributed by atoms with van der Waals surface area (Å²) < 4.78 is 0. The summed E-state index contributed by atoms with van der Waals surface area (Å²) in [6.07, 6.45) is 2.19. The van der Waals surface area contributed by atoms with Crippen LogP contribution in [0.25, 0.3) is 11.3 Å². The minimum atomic E-state index is 0. The standard InChI is InChI=1S/C18H21N.Fe/c1-4-19(5-2)18(17-12-8-9-13-17)14-15(3)16-10-6-7-11-16;/h6-14H,3-5H2,1-2H3;/q-2;. The van der Waals surface area contributed by atoms with Gasteiger partial charge in [-0.3, -0.25) is 0 Å². The molecule has 0 radical (unpaired) electrons. The van der Waals surface area contributed by atoms with Crippen LogP contribution in [0.3, 0.4) is 0 Å². The van der Waals surface area contributed by atoms with Crippen LogP contribution in [0.4, 0.5) is 0 Å². The van der Waals surface area contributed by atoms with E-state index in [1.165, 1.54) is 16.8 Å². The molecule has 0 heterocycles. The van der Waals surface area contributed by atoms with Crippen molar-refractivity contribution in [2.24, 2.45) is 0 Å². The number of hydrogen-bond acceptors (Lipinski definition) is 1. The number of hydrogen-bond donors (Lipinski definition) is 0. The van der Waals surface area contributed by atoms with Crippen molar-refractivity contribution in [2.75, 3.05) is 13.1 Å². The first-order valence-electron chi connectivity index (χ1n) is 6.86. The van der Waals surface area contributed by atoms with Gasteiger partial charge in [0, 0.05) is 30.2 Å². The Morgan fingerprint density at radius 3 is 1.85 bits per heavy atom. The van der Waals surface area contributed by atoms with Crippen molar-refractivity contribution in [2.45, 2.75) is 13.8 Å². The summed E-state index contributed by atoms with van der Waals surface area (Å²) in [6, 6.07) is 16.8. The zero-order chi connectivity index (χ0) is 13.7. The Hall–Kier alpha value is -1.50. The average Bonchev–Trinajstić information content (AvgIpc) is 3.12. The molecule has 0 aliphatic carbocycles. The zero-order valence-electron chi connectivity index (χ0n) is 12.1. The molecule has 2 aromatic carbocycles. The monoisotopic (exact) mass is 307 g/mol. The van der Waals surface area contributed by atoms with E-state index >= 15 is 0 Å². The fourth-order valence-electron chi connectivity index (χ4n) is 2.30. The number of nitrogens with zero attached hydrogens (tertiary/aromatic N) is 1. The fraction of sp³-hybridized carbons (Fsp3) is 0.222. The molecule has 0 aliphatic heterocycles. The fourth-order valence-corrected chi connectivity index (χ4v) is 2.30. The minimum absolute atomic E-state index is 0. The normalized spacial score (nSPS) is 11.0. The van der Waals surface area contributed by atoms with E-state index in [0.29, 0.717) is 0 Å². The van der Waals surface area contributed by atoms with E-state index in [0.717, 1.165) is 18.7 Å². The second-order valence-electron chi connectivity index (χ2n) is 4.57. The van der Waals surface area contributed by atoms with E-state index in [4.69, 9.17) is 0 Å². The predicted molar refractivity (Wildman–Crippen MR) is 84.0 cm³/mol. The molecule has 0 aromatic heterocycles. The molecular weight excluding hydrogens is 286 g/mol. The number of rotatable bonds is 6. The van der Waals surface area contributed by atoms with Crippen LogP contribution in [-0.4, -0.2) is 18.0 Å². The molecule has 0 fully saturated rings. The van der Waals surface area contributed by atoms with E-state index in [2.05, 4.69) is 67.8 Å². The van der Waals surface area contributed by atoms with Gasteiger partial charge in [-0.05, 0) is 19.5 Å². The summed E-state index contributed by atoms with van der Waals surface area (Å²) in [5.41, 5.74) is 4.77. The maximum absolute atomic E-state index is 4.19. The van der Waals surface area contributed by atoms with Gasteiger partial charge in [-0.2, -0.15) is 30.8 Å². The van der Waals surface area contributed by atoms with Crippen LogP contribution in [0.5, 0.6) is 0 Å². The first-order valence-corrected chi connectivity index (χ1v) is 6.86. The smallest absolute Gasteiger partial charge is 0.0135 e. The van der Waals surface area contributed by atoms with Gasteiger partial charge in [0.1, 0.15) is 0 Å². The largest absolute Gasteiger partial charge is 0.386 e. The van der Waals surface area contributed by atoms with E-state index < -0.39 is 0 Å². The van der Waals surface area contributed by atoms with Gasteiger partial charge in [-0.25, -0.2) is 0 Å². The van der Waals surface area contributed by atoms with Crippen LogP contribution >= 0.6 is 0 Å². The SMILES string of the molecule is C=C(C=C([c-]1cccc1)N(CC)CC)[c-]1cccc1.[Fe]. The Morgan fingerprint density at radius 2 is 1.40 bits per heavy atom. The molecule has 0 unspecified atom stereocenters. The Bertz CT molecular complexity index is 528. The van der Waals surface area contributed by atoms with Gasteiger partial charge < -0.3 is 4.90 Å². The average molecular weight is 307 g/mol. The topological polar surface area (TPSA) is 3.24 Å². The molecule has 2 aromatic rings. The second-order valence-corrected chi connectivity index (χ2v) is 4.57. The van der Waals surface area contributed by atoms with E-state index in [-0.39, 0.29) is 17.1 Å². The third-order valence-electron chi connectivity index (χ3n) is 3.41. The molecule has 2 heteroatoms. The number of allylic oxidation sites excluding steroid dienone is 2.